The van der Waals surface area contributed by atoms with Crippen LogP contribution in [-0.4, -0.2) is 19.9 Å². The molecule has 5 heteroatoms. The molecular formula is C8H10N4O. The third-order valence-corrected chi connectivity index (χ3v) is 1.80. The first-order chi connectivity index (χ1) is 6.16. The number of fused-ring (bicyclic) bond motifs is 1. The minimum Gasteiger partial charge on any atom is -0.303 e. The first kappa shape index (κ1) is 7.97. The van der Waals surface area contributed by atoms with Crippen LogP contribution in [0.25, 0.3) is 11.2 Å². The fraction of sp³-hybridized carbons (Fsp3) is 0.375. The number of hydrogen-bond acceptors (Lipinski definition) is 3. The van der Waals surface area contributed by atoms with Gasteiger partial charge in [0.1, 0.15) is 11.3 Å². The van der Waals surface area contributed by atoms with Crippen LogP contribution in [0.4, 0.5) is 0 Å². The van der Waals surface area contributed by atoms with Gasteiger partial charge in [0.2, 0.25) is 0 Å². The average Bonchev–Trinajstić information content (AvgIpc) is 2.42. The second kappa shape index (κ2) is 2.69. The van der Waals surface area contributed by atoms with Gasteiger partial charge in [0.05, 0.1) is 6.20 Å². The number of nitrogens with zero attached hydrogens (tertiary/aromatic N) is 2. The van der Waals surface area contributed by atoms with Crippen LogP contribution in [0, 0.1) is 0 Å². The monoisotopic (exact) mass is 178 g/mol. The highest BCUT2D eigenvalue weighted by atomic mass is 16.1. The van der Waals surface area contributed by atoms with Crippen LogP contribution in [-0.2, 0) is 0 Å². The van der Waals surface area contributed by atoms with E-state index < -0.39 is 0 Å². The Kier molecular flexibility index (Phi) is 1.65. The van der Waals surface area contributed by atoms with Crippen molar-refractivity contribution < 1.29 is 0 Å². The van der Waals surface area contributed by atoms with Crippen LogP contribution in [0.5, 0.6) is 0 Å². The molecule has 13 heavy (non-hydrogen) atoms. The number of aromatic nitrogens is 4. The van der Waals surface area contributed by atoms with Crippen LogP contribution in [0.1, 0.15) is 25.6 Å². The molecule has 0 aliphatic rings. The SMILES string of the molecule is CC(C)c1ncc2[nH]c(=O)[nH]c2n1. The normalized spacial score (nSPS) is 11.3. The Morgan fingerprint density at radius 1 is 1.38 bits per heavy atom. The topological polar surface area (TPSA) is 74.4 Å². The molecule has 2 aromatic heterocycles. The molecule has 2 N–H and O–H groups in total. The van der Waals surface area contributed by atoms with Crippen molar-refractivity contribution in [3.8, 4) is 0 Å². The van der Waals surface area contributed by atoms with Gasteiger partial charge in [-0.1, -0.05) is 13.8 Å². The van der Waals surface area contributed by atoms with E-state index in [1.807, 2.05) is 13.8 Å². The summed E-state index contributed by atoms with van der Waals surface area (Å²) in [5.41, 5.74) is 0.975. The minimum atomic E-state index is -0.245. The van der Waals surface area contributed by atoms with Gasteiger partial charge in [0, 0.05) is 5.92 Å². The maximum absolute atomic E-state index is 10.9. The summed E-state index contributed by atoms with van der Waals surface area (Å²) in [7, 11) is 0. The lowest BCUT2D eigenvalue weighted by Crippen LogP contribution is -1.99. The van der Waals surface area contributed by atoms with Crippen molar-refractivity contribution in [2.75, 3.05) is 0 Å². The molecule has 0 radical (unpaired) electrons. The van der Waals surface area contributed by atoms with Gasteiger partial charge in [-0.05, 0) is 0 Å². The lowest BCUT2D eigenvalue weighted by Gasteiger charge is -2.00. The summed E-state index contributed by atoms with van der Waals surface area (Å²) in [5.74, 6) is 1.01. The van der Waals surface area contributed by atoms with Gasteiger partial charge in [-0.25, -0.2) is 14.8 Å². The Balaban J connectivity index is 2.68. The van der Waals surface area contributed by atoms with Crippen molar-refractivity contribution in [3.63, 3.8) is 0 Å². The van der Waals surface area contributed by atoms with Crippen molar-refractivity contribution in [1.29, 1.82) is 0 Å². The van der Waals surface area contributed by atoms with E-state index in [2.05, 4.69) is 19.9 Å². The summed E-state index contributed by atoms with van der Waals surface area (Å²) in [5, 5.41) is 0. The predicted molar refractivity (Wildman–Crippen MR) is 48.6 cm³/mol. The van der Waals surface area contributed by atoms with Crippen molar-refractivity contribution in [3.05, 3.63) is 22.5 Å². The Morgan fingerprint density at radius 2 is 2.15 bits per heavy atom. The van der Waals surface area contributed by atoms with E-state index in [1.54, 1.807) is 6.20 Å². The highest BCUT2D eigenvalue weighted by Gasteiger charge is 2.05. The third-order valence-electron chi connectivity index (χ3n) is 1.80. The smallest absolute Gasteiger partial charge is 0.303 e. The molecule has 0 aliphatic heterocycles. The first-order valence-corrected chi connectivity index (χ1v) is 4.12. The summed E-state index contributed by atoms with van der Waals surface area (Å²) in [6, 6.07) is 0. The van der Waals surface area contributed by atoms with Crippen molar-refractivity contribution >= 4 is 11.2 Å². The first-order valence-electron chi connectivity index (χ1n) is 4.12. The van der Waals surface area contributed by atoms with Crippen LogP contribution in [0.3, 0.4) is 0 Å². The standard InChI is InChI=1S/C8H10N4O/c1-4(2)6-9-3-5-7(11-6)12-8(13)10-5/h3-4H,1-2H3,(H2,9,10,11,12,13). The molecule has 0 saturated heterocycles. The quantitative estimate of drug-likeness (QED) is 0.677. The highest BCUT2D eigenvalue weighted by molar-refractivity contribution is 5.68. The second-order valence-electron chi connectivity index (χ2n) is 3.22. The maximum Gasteiger partial charge on any atom is 0.325 e. The molecule has 2 rings (SSSR count). The van der Waals surface area contributed by atoms with Gasteiger partial charge in [-0.15, -0.1) is 0 Å². The highest BCUT2D eigenvalue weighted by Crippen LogP contribution is 2.10. The fourth-order valence-electron chi connectivity index (χ4n) is 1.12. The molecule has 5 nitrogen and oxygen atoms in total. The second-order valence-corrected chi connectivity index (χ2v) is 3.22. The molecule has 0 saturated carbocycles. The van der Waals surface area contributed by atoms with E-state index >= 15 is 0 Å². The van der Waals surface area contributed by atoms with Gasteiger partial charge in [0.15, 0.2) is 5.65 Å². The van der Waals surface area contributed by atoms with Crippen LogP contribution in [0.15, 0.2) is 11.0 Å². The van der Waals surface area contributed by atoms with Gasteiger partial charge in [0.25, 0.3) is 0 Å². The molecular weight excluding hydrogens is 168 g/mol. The molecule has 0 aliphatic carbocycles. The molecule has 0 amide bonds. The Labute approximate surface area is 74.2 Å². The number of imidazole rings is 1. The largest absolute Gasteiger partial charge is 0.325 e. The zero-order valence-corrected chi connectivity index (χ0v) is 7.46. The molecule has 68 valence electrons. The lowest BCUT2D eigenvalue weighted by atomic mass is 10.2. The van der Waals surface area contributed by atoms with Gasteiger partial charge < -0.3 is 4.98 Å². The Bertz CT molecular complexity index is 482. The molecule has 0 bridgehead atoms. The number of aromatic amines is 2. The van der Waals surface area contributed by atoms with E-state index in [9.17, 15) is 4.79 Å². The molecule has 0 fully saturated rings. The number of nitrogens with one attached hydrogen (secondary N) is 2. The summed E-state index contributed by atoms with van der Waals surface area (Å²) in [4.78, 5) is 24.4. The zero-order chi connectivity index (χ0) is 9.42. The van der Waals surface area contributed by atoms with Gasteiger partial charge >= 0.3 is 5.69 Å². The summed E-state index contributed by atoms with van der Waals surface area (Å²) in [6.45, 7) is 4.01. The third kappa shape index (κ3) is 1.32. The summed E-state index contributed by atoms with van der Waals surface area (Å²) in [6.07, 6.45) is 1.62. The number of hydrogen-bond donors (Lipinski definition) is 2. The molecule has 0 aromatic carbocycles. The van der Waals surface area contributed by atoms with Crippen LogP contribution >= 0.6 is 0 Å². The summed E-state index contributed by atoms with van der Waals surface area (Å²) >= 11 is 0. The number of rotatable bonds is 1. The molecule has 0 spiro atoms. The fourth-order valence-corrected chi connectivity index (χ4v) is 1.12. The zero-order valence-electron chi connectivity index (χ0n) is 7.46. The lowest BCUT2D eigenvalue weighted by molar-refractivity contribution is 0.781. The summed E-state index contributed by atoms with van der Waals surface area (Å²) < 4.78 is 0. The van der Waals surface area contributed by atoms with Crippen LogP contribution in [0.2, 0.25) is 0 Å². The number of H-pyrrole nitrogens is 2. The van der Waals surface area contributed by atoms with Gasteiger partial charge in [-0.3, -0.25) is 4.98 Å². The Morgan fingerprint density at radius 3 is 2.85 bits per heavy atom. The maximum atomic E-state index is 10.9. The van der Waals surface area contributed by atoms with E-state index in [0.717, 1.165) is 5.82 Å². The van der Waals surface area contributed by atoms with E-state index in [1.165, 1.54) is 0 Å². The van der Waals surface area contributed by atoms with Gasteiger partial charge in [-0.2, -0.15) is 0 Å². The molecule has 0 atom stereocenters. The minimum absolute atomic E-state index is 0.245. The van der Waals surface area contributed by atoms with E-state index in [-0.39, 0.29) is 11.6 Å². The van der Waals surface area contributed by atoms with Crippen molar-refractivity contribution in [1.82, 2.24) is 19.9 Å². The van der Waals surface area contributed by atoms with Crippen molar-refractivity contribution in [2.45, 2.75) is 19.8 Å². The van der Waals surface area contributed by atoms with Crippen LogP contribution < -0.4 is 5.69 Å². The molecule has 2 aromatic rings. The average molecular weight is 178 g/mol. The predicted octanol–water partition coefficient (Wildman–Crippen LogP) is 0.770. The van der Waals surface area contributed by atoms with E-state index in [0.29, 0.717) is 11.2 Å². The Hall–Kier alpha value is -1.65. The molecule has 0 unspecified atom stereocenters. The van der Waals surface area contributed by atoms with E-state index in [4.69, 9.17) is 0 Å². The molecule has 2 heterocycles. The van der Waals surface area contributed by atoms with Crippen molar-refractivity contribution in [2.24, 2.45) is 0 Å².